The van der Waals surface area contributed by atoms with Crippen molar-refractivity contribution in [3.63, 3.8) is 0 Å². The van der Waals surface area contributed by atoms with Gasteiger partial charge in [0.05, 0.1) is 0 Å². The molecule has 0 bridgehead atoms. The maximum Gasteiger partial charge on any atom is -0.000719 e. The Morgan fingerprint density at radius 2 is 0.667 bits per heavy atom. The zero-order chi connectivity index (χ0) is 39.3. The first kappa shape index (κ1) is 33.2. The molecular formula is C60H36. The van der Waals surface area contributed by atoms with Crippen molar-refractivity contribution < 1.29 is 0 Å². The summed E-state index contributed by atoms with van der Waals surface area (Å²) in [6.45, 7) is 0. The van der Waals surface area contributed by atoms with Crippen LogP contribution in [0.15, 0.2) is 218 Å². The van der Waals surface area contributed by atoms with Crippen LogP contribution in [0.3, 0.4) is 0 Å². The first-order valence-electron chi connectivity index (χ1n) is 20.9. The average molecular weight is 757 g/mol. The van der Waals surface area contributed by atoms with Crippen molar-refractivity contribution in [2.75, 3.05) is 0 Å². The fourth-order valence-electron chi connectivity index (χ4n) is 10.7. The van der Waals surface area contributed by atoms with Crippen LogP contribution in [0.5, 0.6) is 0 Å². The topological polar surface area (TPSA) is 0 Å². The van der Waals surface area contributed by atoms with Crippen LogP contribution in [-0.4, -0.2) is 0 Å². The maximum atomic E-state index is 2.55. The Morgan fingerprint density at radius 3 is 1.27 bits per heavy atom. The Hall–Kier alpha value is -7.80. The van der Waals surface area contributed by atoms with Gasteiger partial charge in [-0.05, 0) is 143 Å². The van der Waals surface area contributed by atoms with Crippen LogP contribution in [0, 0.1) is 0 Å². The molecule has 0 saturated heterocycles. The summed E-state index contributed by atoms with van der Waals surface area (Å²) >= 11 is 0. The molecule has 0 heteroatoms. The van der Waals surface area contributed by atoms with E-state index in [2.05, 4.69) is 218 Å². The number of rotatable bonds is 5. The predicted octanol–water partition coefficient (Wildman–Crippen LogP) is 17.0. The van der Waals surface area contributed by atoms with Crippen LogP contribution in [0.25, 0.3) is 131 Å². The van der Waals surface area contributed by atoms with E-state index in [1.54, 1.807) is 0 Å². The minimum Gasteiger partial charge on any atom is -0.0622 e. The molecule has 60 heavy (non-hydrogen) atoms. The van der Waals surface area contributed by atoms with Crippen LogP contribution < -0.4 is 0 Å². The third kappa shape index (κ3) is 4.68. The minimum absolute atomic E-state index is 1.22. The SMILES string of the molecule is c1ccc(-c2cccc(-c3ccccc3)c2-c2ccc3c(c2)c2cc4c(-c5ccccc5)c5c6cccc7cccc(c5c(-c5ccccc5)c4c4cccc3c24)c76)cc1. The Bertz CT molecular complexity index is 3710. The number of fused-ring (bicyclic) bond motifs is 8. The summed E-state index contributed by atoms with van der Waals surface area (Å²) in [7, 11) is 0. The Kier molecular flexibility index (Phi) is 7.11. The van der Waals surface area contributed by atoms with E-state index in [1.165, 1.54) is 131 Å². The lowest BCUT2D eigenvalue weighted by atomic mass is 9.83. The van der Waals surface area contributed by atoms with E-state index in [0.717, 1.165) is 0 Å². The molecule has 0 heterocycles. The summed E-state index contributed by atoms with van der Waals surface area (Å²) in [4.78, 5) is 0. The molecule has 0 nitrogen and oxygen atoms in total. The molecule has 13 aromatic rings. The Morgan fingerprint density at radius 1 is 0.183 bits per heavy atom. The average Bonchev–Trinajstić information content (AvgIpc) is 3.83. The van der Waals surface area contributed by atoms with E-state index in [9.17, 15) is 0 Å². The van der Waals surface area contributed by atoms with Crippen LogP contribution in [0.2, 0.25) is 0 Å². The fraction of sp³-hybridized carbons (Fsp3) is 0. The van der Waals surface area contributed by atoms with Gasteiger partial charge in [0.25, 0.3) is 0 Å². The van der Waals surface area contributed by atoms with Crippen molar-refractivity contribution in [1.82, 2.24) is 0 Å². The molecule has 0 radical (unpaired) electrons. The van der Waals surface area contributed by atoms with E-state index in [4.69, 9.17) is 0 Å². The number of benzene rings is 11. The van der Waals surface area contributed by atoms with Gasteiger partial charge in [-0.15, -0.1) is 0 Å². The lowest BCUT2D eigenvalue weighted by Crippen LogP contribution is -1.91. The molecule has 0 aliphatic rings. The quantitative estimate of drug-likeness (QED) is 0.153. The second kappa shape index (κ2) is 12.9. The number of hydrogen-bond acceptors (Lipinski definition) is 0. The van der Waals surface area contributed by atoms with Gasteiger partial charge in [0.15, 0.2) is 0 Å². The molecule has 0 saturated carbocycles. The Labute approximate surface area is 347 Å². The highest BCUT2D eigenvalue weighted by Gasteiger charge is 2.26. The van der Waals surface area contributed by atoms with Crippen molar-refractivity contribution in [3.05, 3.63) is 218 Å². The predicted molar refractivity (Wildman–Crippen MR) is 259 cm³/mol. The van der Waals surface area contributed by atoms with E-state index >= 15 is 0 Å². The smallest absolute Gasteiger partial charge is 0.000719 e. The first-order valence-corrected chi connectivity index (χ1v) is 20.9. The molecule has 0 amide bonds. The van der Waals surface area contributed by atoms with E-state index < -0.39 is 0 Å². The first-order chi connectivity index (χ1) is 29.8. The summed E-state index contributed by atoms with van der Waals surface area (Å²) in [5, 5.41) is 18.3. The molecule has 0 aromatic heterocycles. The van der Waals surface area contributed by atoms with E-state index in [-0.39, 0.29) is 0 Å². The molecule has 0 spiro atoms. The van der Waals surface area contributed by atoms with Crippen molar-refractivity contribution in [1.29, 1.82) is 0 Å². The van der Waals surface area contributed by atoms with Crippen LogP contribution >= 0.6 is 0 Å². The monoisotopic (exact) mass is 756 g/mol. The van der Waals surface area contributed by atoms with Crippen LogP contribution in [-0.2, 0) is 0 Å². The number of hydrogen-bond donors (Lipinski definition) is 0. The molecule has 0 aliphatic heterocycles. The van der Waals surface area contributed by atoms with Gasteiger partial charge in [0.1, 0.15) is 0 Å². The molecule has 0 fully saturated rings. The summed E-state index contributed by atoms with van der Waals surface area (Å²) < 4.78 is 0. The Balaban J connectivity index is 1.23. The maximum absolute atomic E-state index is 2.55. The van der Waals surface area contributed by atoms with Gasteiger partial charge in [-0.2, -0.15) is 0 Å². The van der Waals surface area contributed by atoms with Gasteiger partial charge in [-0.3, -0.25) is 0 Å². The van der Waals surface area contributed by atoms with E-state index in [1.807, 2.05) is 0 Å². The second-order valence-electron chi connectivity index (χ2n) is 16.2. The molecule has 0 aliphatic carbocycles. The van der Waals surface area contributed by atoms with Gasteiger partial charge in [-0.25, -0.2) is 0 Å². The summed E-state index contributed by atoms with van der Waals surface area (Å²) in [5.74, 6) is 0. The summed E-state index contributed by atoms with van der Waals surface area (Å²) in [5.41, 5.74) is 12.5. The molecule has 0 N–H and O–H groups in total. The minimum atomic E-state index is 1.22. The van der Waals surface area contributed by atoms with Gasteiger partial charge >= 0.3 is 0 Å². The lowest BCUT2D eigenvalue weighted by molar-refractivity contribution is 1.57. The molecule has 13 aromatic carbocycles. The highest BCUT2D eigenvalue weighted by molar-refractivity contribution is 6.44. The zero-order valence-corrected chi connectivity index (χ0v) is 32.8. The standard InChI is InChI=1S/C60H36/c1-5-17-37(18-6-1)43-27-15-28-44(38-19-7-2-8-20-38)54(43)42-33-34-45-46-29-16-32-49-57(46)51(50(45)35-42)36-52-55(40-21-9-3-10-22-40)59-47-30-13-25-39-26-14-31-48(53(39)47)60(59)56(58(49)52)41-23-11-4-12-24-41/h1-36H. The summed E-state index contributed by atoms with van der Waals surface area (Å²) in [6.07, 6.45) is 0. The third-order valence-electron chi connectivity index (χ3n) is 13.1. The summed E-state index contributed by atoms with van der Waals surface area (Å²) in [6, 6.07) is 81.2. The molecule has 0 unspecified atom stereocenters. The lowest BCUT2D eigenvalue weighted by Gasteiger charge is -2.19. The fourth-order valence-corrected chi connectivity index (χ4v) is 10.7. The highest BCUT2D eigenvalue weighted by Crippen LogP contribution is 2.55. The molecule has 13 rings (SSSR count). The van der Waals surface area contributed by atoms with Gasteiger partial charge in [0.2, 0.25) is 0 Å². The van der Waals surface area contributed by atoms with Crippen LogP contribution in [0.4, 0.5) is 0 Å². The van der Waals surface area contributed by atoms with Crippen molar-refractivity contribution >= 4 is 75.4 Å². The third-order valence-corrected chi connectivity index (χ3v) is 13.1. The largest absolute Gasteiger partial charge is 0.0622 e. The highest BCUT2D eigenvalue weighted by atomic mass is 14.3. The van der Waals surface area contributed by atoms with Gasteiger partial charge in [0, 0.05) is 0 Å². The second-order valence-corrected chi connectivity index (χ2v) is 16.2. The van der Waals surface area contributed by atoms with Gasteiger partial charge < -0.3 is 0 Å². The van der Waals surface area contributed by atoms with Crippen molar-refractivity contribution in [2.24, 2.45) is 0 Å². The van der Waals surface area contributed by atoms with Crippen molar-refractivity contribution in [3.8, 4) is 55.6 Å². The molecule has 276 valence electrons. The van der Waals surface area contributed by atoms with Crippen LogP contribution in [0.1, 0.15) is 0 Å². The normalized spacial score (nSPS) is 12.0. The van der Waals surface area contributed by atoms with E-state index in [0.29, 0.717) is 0 Å². The van der Waals surface area contributed by atoms with Gasteiger partial charge in [-0.1, -0.05) is 206 Å². The zero-order valence-electron chi connectivity index (χ0n) is 32.8. The molecular weight excluding hydrogens is 721 g/mol. The molecule has 0 atom stereocenters. The van der Waals surface area contributed by atoms with Crippen molar-refractivity contribution in [2.45, 2.75) is 0 Å².